The lowest BCUT2D eigenvalue weighted by atomic mass is 10.1. The van der Waals surface area contributed by atoms with Gasteiger partial charge in [0.2, 0.25) is 0 Å². The van der Waals surface area contributed by atoms with E-state index in [0.29, 0.717) is 0 Å². The van der Waals surface area contributed by atoms with E-state index in [2.05, 4.69) is 16.3 Å². The van der Waals surface area contributed by atoms with Crippen LogP contribution in [-0.4, -0.2) is 49.3 Å². The molecule has 0 radical (unpaired) electrons. The second kappa shape index (κ2) is 6.77. The van der Waals surface area contributed by atoms with Crippen LogP contribution < -0.4 is 5.32 Å². The fraction of sp³-hybridized carbons (Fsp3) is 0.471. The fourth-order valence-corrected chi connectivity index (χ4v) is 4.37. The number of hydrogen-bond donors (Lipinski definition) is 1. The summed E-state index contributed by atoms with van der Waals surface area (Å²) in [7, 11) is 0. The molecule has 1 aromatic heterocycles. The van der Waals surface area contributed by atoms with E-state index in [1.54, 1.807) is 11.3 Å². The van der Waals surface area contributed by atoms with Gasteiger partial charge >= 0.3 is 0 Å². The fourth-order valence-electron chi connectivity index (χ4n) is 3.18. The number of anilines is 1. The maximum Gasteiger partial charge on any atom is 0.183 e. The Balaban J connectivity index is 1.33. The highest BCUT2D eigenvalue weighted by atomic mass is 35.5. The first-order valence-electron chi connectivity index (χ1n) is 8.12. The van der Waals surface area contributed by atoms with Crippen molar-refractivity contribution in [2.45, 2.75) is 12.8 Å². The standard InChI is InChI=1S/C17H20ClN3OS/c18-13-3-2-12-10-15-16(14(12)11-13)20-17(23-15)19-4-1-5-21-6-8-22-9-7-21/h2-3,11H,1,4-10H2,(H,19,20). The third-order valence-electron chi connectivity index (χ3n) is 4.41. The van der Waals surface area contributed by atoms with E-state index in [1.807, 2.05) is 12.1 Å². The van der Waals surface area contributed by atoms with Gasteiger partial charge in [0.1, 0.15) is 0 Å². The van der Waals surface area contributed by atoms with Crippen LogP contribution in [0, 0.1) is 0 Å². The first-order valence-corrected chi connectivity index (χ1v) is 9.31. The number of rotatable bonds is 5. The summed E-state index contributed by atoms with van der Waals surface area (Å²) in [5.41, 5.74) is 3.65. The number of benzene rings is 1. The minimum Gasteiger partial charge on any atom is -0.379 e. The molecule has 1 aromatic carbocycles. The zero-order valence-electron chi connectivity index (χ0n) is 13.0. The van der Waals surface area contributed by atoms with E-state index in [1.165, 1.54) is 16.0 Å². The van der Waals surface area contributed by atoms with E-state index >= 15 is 0 Å². The van der Waals surface area contributed by atoms with E-state index in [4.69, 9.17) is 21.3 Å². The average Bonchev–Trinajstić information content (AvgIpc) is 3.10. The number of morpholine rings is 1. The molecule has 6 heteroatoms. The monoisotopic (exact) mass is 349 g/mol. The van der Waals surface area contributed by atoms with E-state index in [0.717, 1.165) is 68.1 Å². The van der Waals surface area contributed by atoms with Crippen LogP contribution in [0.2, 0.25) is 5.02 Å². The summed E-state index contributed by atoms with van der Waals surface area (Å²) < 4.78 is 5.37. The summed E-state index contributed by atoms with van der Waals surface area (Å²) in [5, 5.41) is 5.29. The Bertz CT molecular complexity index is 697. The third kappa shape index (κ3) is 3.38. The van der Waals surface area contributed by atoms with Crippen LogP contribution in [0.3, 0.4) is 0 Å². The van der Waals surface area contributed by atoms with E-state index in [9.17, 15) is 0 Å². The molecule has 1 saturated heterocycles. The SMILES string of the molecule is Clc1ccc2c(c1)-c1nc(NCCCN3CCOCC3)sc1C2. The first-order chi connectivity index (χ1) is 11.3. The summed E-state index contributed by atoms with van der Waals surface area (Å²) >= 11 is 7.89. The molecule has 0 amide bonds. The van der Waals surface area contributed by atoms with E-state index < -0.39 is 0 Å². The molecule has 2 aromatic rings. The highest BCUT2D eigenvalue weighted by Crippen LogP contribution is 2.41. The molecular formula is C17H20ClN3OS. The van der Waals surface area contributed by atoms with Crippen molar-refractivity contribution in [3.63, 3.8) is 0 Å². The van der Waals surface area contributed by atoms with Gasteiger partial charge in [-0.3, -0.25) is 4.90 Å². The largest absolute Gasteiger partial charge is 0.379 e. The molecule has 122 valence electrons. The maximum absolute atomic E-state index is 6.12. The van der Waals surface area contributed by atoms with Gasteiger partial charge < -0.3 is 10.1 Å². The van der Waals surface area contributed by atoms with Crippen LogP contribution in [-0.2, 0) is 11.2 Å². The Hall–Kier alpha value is -1.14. The van der Waals surface area contributed by atoms with Crippen molar-refractivity contribution < 1.29 is 4.74 Å². The quantitative estimate of drug-likeness (QED) is 0.715. The van der Waals surface area contributed by atoms with Gasteiger partial charge in [0.25, 0.3) is 0 Å². The third-order valence-corrected chi connectivity index (χ3v) is 5.65. The van der Waals surface area contributed by atoms with Gasteiger partial charge in [0, 0.05) is 41.5 Å². The molecule has 23 heavy (non-hydrogen) atoms. The van der Waals surface area contributed by atoms with Gasteiger partial charge in [0.15, 0.2) is 5.13 Å². The van der Waals surface area contributed by atoms with E-state index in [-0.39, 0.29) is 0 Å². The molecule has 1 fully saturated rings. The number of hydrogen-bond acceptors (Lipinski definition) is 5. The number of nitrogens with one attached hydrogen (secondary N) is 1. The lowest BCUT2D eigenvalue weighted by molar-refractivity contribution is 0.0378. The highest BCUT2D eigenvalue weighted by Gasteiger charge is 2.23. The normalized spacial score (nSPS) is 17.1. The number of aromatic nitrogens is 1. The van der Waals surface area contributed by atoms with Crippen LogP contribution in [0.5, 0.6) is 0 Å². The predicted octanol–water partition coefficient (Wildman–Crippen LogP) is 3.50. The highest BCUT2D eigenvalue weighted by molar-refractivity contribution is 7.16. The van der Waals surface area contributed by atoms with Crippen molar-refractivity contribution in [1.29, 1.82) is 0 Å². The van der Waals surface area contributed by atoms with Gasteiger partial charge in [-0.15, -0.1) is 11.3 Å². The van der Waals surface area contributed by atoms with Gasteiger partial charge in [-0.25, -0.2) is 4.98 Å². The number of halogens is 1. The Morgan fingerprint density at radius 2 is 2.17 bits per heavy atom. The summed E-state index contributed by atoms with van der Waals surface area (Å²) in [6, 6.07) is 6.11. The lowest BCUT2D eigenvalue weighted by Crippen LogP contribution is -2.37. The Kier molecular flexibility index (Phi) is 4.53. The molecule has 1 aliphatic heterocycles. The lowest BCUT2D eigenvalue weighted by Gasteiger charge is -2.26. The molecule has 1 aliphatic carbocycles. The average molecular weight is 350 g/mol. The Morgan fingerprint density at radius 1 is 1.30 bits per heavy atom. The van der Waals surface area contributed by atoms with Crippen molar-refractivity contribution in [2.75, 3.05) is 44.7 Å². The number of thiazole rings is 1. The van der Waals surface area contributed by atoms with Gasteiger partial charge in [-0.05, 0) is 30.7 Å². The molecular weight excluding hydrogens is 330 g/mol. The number of nitrogens with zero attached hydrogens (tertiary/aromatic N) is 2. The van der Waals surface area contributed by atoms with Crippen LogP contribution in [0.1, 0.15) is 16.9 Å². The first kappa shape index (κ1) is 15.4. The smallest absolute Gasteiger partial charge is 0.183 e. The molecule has 0 spiro atoms. The van der Waals surface area contributed by atoms with Crippen LogP contribution in [0.25, 0.3) is 11.3 Å². The number of fused-ring (bicyclic) bond motifs is 3. The molecule has 2 aliphatic rings. The van der Waals surface area contributed by atoms with Crippen LogP contribution in [0.15, 0.2) is 18.2 Å². The summed E-state index contributed by atoms with van der Waals surface area (Å²) in [6.07, 6.45) is 2.11. The molecule has 0 saturated carbocycles. The van der Waals surface area contributed by atoms with Gasteiger partial charge in [-0.2, -0.15) is 0 Å². The van der Waals surface area contributed by atoms with Gasteiger partial charge in [0.05, 0.1) is 18.9 Å². The summed E-state index contributed by atoms with van der Waals surface area (Å²) in [5.74, 6) is 0. The topological polar surface area (TPSA) is 37.4 Å². The maximum atomic E-state index is 6.12. The minimum atomic E-state index is 0.782. The molecule has 4 nitrogen and oxygen atoms in total. The predicted molar refractivity (Wildman–Crippen MR) is 95.7 cm³/mol. The molecule has 4 rings (SSSR count). The molecule has 0 unspecified atom stereocenters. The van der Waals surface area contributed by atoms with Crippen molar-refractivity contribution in [2.24, 2.45) is 0 Å². The second-order valence-corrected chi connectivity index (χ2v) is 7.52. The van der Waals surface area contributed by atoms with Crippen LogP contribution >= 0.6 is 22.9 Å². The Labute approximate surface area is 145 Å². The van der Waals surface area contributed by atoms with Crippen LogP contribution in [0.4, 0.5) is 5.13 Å². The molecule has 0 bridgehead atoms. The minimum absolute atomic E-state index is 0.782. The number of ether oxygens (including phenoxy) is 1. The Morgan fingerprint density at radius 3 is 3.04 bits per heavy atom. The summed E-state index contributed by atoms with van der Waals surface area (Å²) in [4.78, 5) is 8.58. The molecule has 1 N–H and O–H groups in total. The van der Waals surface area contributed by atoms with Crippen molar-refractivity contribution in [1.82, 2.24) is 9.88 Å². The summed E-state index contributed by atoms with van der Waals surface area (Å²) in [6.45, 7) is 5.95. The zero-order chi connectivity index (χ0) is 15.6. The van der Waals surface area contributed by atoms with Gasteiger partial charge in [-0.1, -0.05) is 17.7 Å². The van der Waals surface area contributed by atoms with Crippen molar-refractivity contribution in [3.05, 3.63) is 33.7 Å². The molecule has 2 heterocycles. The van der Waals surface area contributed by atoms with Crippen molar-refractivity contribution in [3.8, 4) is 11.3 Å². The second-order valence-electron chi connectivity index (χ2n) is 6.00. The zero-order valence-corrected chi connectivity index (χ0v) is 14.6. The molecule has 0 atom stereocenters. The van der Waals surface area contributed by atoms with Crippen molar-refractivity contribution >= 4 is 28.1 Å².